The van der Waals surface area contributed by atoms with E-state index < -0.39 is 69.0 Å². The number of likely N-dealkylation sites (tertiary alicyclic amines) is 1. The topological polar surface area (TPSA) is 151 Å². The Morgan fingerprint density at radius 3 is 2.12 bits per heavy atom. The molecule has 14 heteroatoms. The van der Waals surface area contributed by atoms with Crippen molar-refractivity contribution in [3.05, 3.63) is 101 Å². The van der Waals surface area contributed by atoms with E-state index in [4.69, 9.17) is 9.47 Å². The first kappa shape index (κ1) is 40.0. The summed E-state index contributed by atoms with van der Waals surface area (Å²) in [4.78, 5) is 58.3. The summed E-state index contributed by atoms with van der Waals surface area (Å²) in [5.74, 6) is -3.61. The van der Waals surface area contributed by atoms with Crippen LogP contribution in [0, 0.1) is 12.7 Å². The molecule has 0 saturated carbocycles. The number of hydrogen-bond acceptors (Lipinski definition) is 9. The molecular weight excluding hydrogens is 692 g/mol. The Labute approximate surface area is 304 Å². The van der Waals surface area contributed by atoms with E-state index >= 15 is 0 Å². The van der Waals surface area contributed by atoms with Crippen molar-refractivity contribution in [3.8, 4) is 0 Å². The number of alkyl carbamates (subject to hydrolysis) is 1. The predicted molar refractivity (Wildman–Crippen MR) is 192 cm³/mol. The van der Waals surface area contributed by atoms with Crippen LogP contribution >= 0.6 is 0 Å². The number of piperidine rings is 1. The van der Waals surface area contributed by atoms with Gasteiger partial charge >= 0.3 is 12.1 Å². The molecule has 0 radical (unpaired) electrons. The van der Waals surface area contributed by atoms with Crippen LogP contribution in [0.5, 0.6) is 0 Å². The predicted octanol–water partition coefficient (Wildman–Crippen LogP) is 4.50. The fourth-order valence-corrected chi connectivity index (χ4v) is 7.04. The van der Waals surface area contributed by atoms with Crippen molar-refractivity contribution >= 4 is 33.7 Å². The van der Waals surface area contributed by atoms with Crippen LogP contribution in [-0.2, 0) is 46.8 Å². The van der Waals surface area contributed by atoms with Crippen LogP contribution in [0.1, 0.15) is 56.7 Å². The third kappa shape index (κ3) is 10.8. The third-order valence-corrected chi connectivity index (χ3v) is 10.3. The molecular formula is C38H47FN4O8S. The minimum absolute atomic E-state index is 0.0177. The van der Waals surface area contributed by atoms with Crippen molar-refractivity contribution in [1.82, 2.24) is 20.4 Å². The Hall–Kier alpha value is -4.82. The molecule has 2 N–H and O–H groups in total. The van der Waals surface area contributed by atoms with Crippen molar-refractivity contribution in [2.75, 3.05) is 26.1 Å². The van der Waals surface area contributed by atoms with Gasteiger partial charge in [0.15, 0.2) is 9.84 Å². The Bertz CT molecular complexity index is 1810. The number of nitrogens with zero attached hydrogens (tertiary/aromatic N) is 2. The van der Waals surface area contributed by atoms with E-state index in [-0.39, 0.29) is 24.3 Å². The van der Waals surface area contributed by atoms with Crippen LogP contribution in [0.2, 0.25) is 0 Å². The molecule has 1 atom stereocenters. The van der Waals surface area contributed by atoms with Gasteiger partial charge in [0.1, 0.15) is 28.9 Å². The molecule has 0 aromatic heterocycles. The normalized spacial score (nSPS) is 15.2. The standard InChI is InChI=1S/C38H47FN4O8S/c1-27-11-17-31(18-12-27)52(48,49)26-40-35(46)38(19-21-42(22-20-38)24-28-9-7-6-8-10-28)43(25-29-13-15-30(39)16-14-29)34(45)32(23-33(44)50-5)41-36(47)51-37(2,3)4/h6-18,32H,19-26H2,1-5H3,(H,40,46)(H,41,47)/t32-/m0/s1. The molecule has 3 aromatic carbocycles. The van der Waals surface area contributed by atoms with E-state index in [2.05, 4.69) is 15.5 Å². The number of hydrogen-bond donors (Lipinski definition) is 2. The molecule has 280 valence electrons. The second kappa shape index (κ2) is 17.1. The molecule has 3 amide bonds. The van der Waals surface area contributed by atoms with Gasteiger partial charge < -0.3 is 25.0 Å². The molecule has 1 fully saturated rings. The number of nitrogens with one attached hydrogen (secondary N) is 2. The SMILES string of the molecule is COC(=O)C[C@H](NC(=O)OC(C)(C)C)C(=O)N(Cc1ccc(F)cc1)C1(C(=O)NCS(=O)(=O)c2ccc(C)cc2)CCN(Cc2ccccc2)CC1. The number of amides is 3. The van der Waals surface area contributed by atoms with E-state index in [9.17, 15) is 32.0 Å². The van der Waals surface area contributed by atoms with E-state index in [1.165, 1.54) is 41.3 Å². The van der Waals surface area contributed by atoms with Crippen molar-refractivity contribution in [1.29, 1.82) is 0 Å². The van der Waals surface area contributed by atoms with Crippen molar-refractivity contribution in [3.63, 3.8) is 0 Å². The first-order chi connectivity index (χ1) is 24.5. The highest BCUT2D eigenvalue weighted by Crippen LogP contribution is 2.33. The lowest BCUT2D eigenvalue weighted by Gasteiger charge is -2.48. The number of sulfone groups is 1. The molecule has 0 spiro atoms. The highest BCUT2D eigenvalue weighted by Gasteiger charge is 2.50. The van der Waals surface area contributed by atoms with E-state index in [0.717, 1.165) is 18.2 Å². The zero-order valence-corrected chi connectivity index (χ0v) is 31.0. The fraction of sp³-hybridized carbons (Fsp3) is 0.421. The van der Waals surface area contributed by atoms with Gasteiger partial charge in [0.2, 0.25) is 11.8 Å². The molecule has 1 aliphatic rings. The Kier molecular flexibility index (Phi) is 13.2. The highest BCUT2D eigenvalue weighted by atomic mass is 32.2. The first-order valence-corrected chi connectivity index (χ1v) is 18.6. The number of carbonyl (C=O) groups excluding carboxylic acids is 4. The Morgan fingerprint density at radius 1 is 0.923 bits per heavy atom. The van der Waals surface area contributed by atoms with Gasteiger partial charge in [-0.2, -0.15) is 0 Å². The maximum Gasteiger partial charge on any atom is 0.408 e. The van der Waals surface area contributed by atoms with Gasteiger partial charge in [0, 0.05) is 26.2 Å². The second-order valence-corrected chi connectivity index (χ2v) is 15.9. The first-order valence-electron chi connectivity index (χ1n) is 17.0. The summed E-state index contributed by atoms with van der Waals surface area (Å²) in [5, 5.41) is 5.08. The zero-order chi connectivity index (χ0) is 38.1. The number of rotatable bonds is 13. The summed E-state index contributed by atoms with van der Waals surface area (Å²) in [7, 11) is -2.85. The number of aryl methyl sites for hydroxylation is 1. The summed E-state index contributed by atoms with van der Waals surface area (Å²) < 4.78 is 51.0. The van der Waals surface area contributed by atoms with Crippen LogP contribution in [0.3, 0.4) is 0 Å². The highest BCUT2D eigenvalue weighted by molar-refractivity contribution is 7.91. The largest absolute Gasteiger partial charge is 0.469 e. The smallest absolute Gasteiger partial charge is 0.408 e. The van der Waals surface area contributed by atoms with Crippen LogP contribution in [-0.4, -0.2) is 85.4 Å². The van der Waals surface area contributed by atoms with Gasteiger partial charge in [-0.3, -0.25) is 19.3 Å². The molecule has 3 aromatic rings. The van der Waals surface area contributed by atoms with E-state index in [1.807, 2.05) is 37.3 Å². The summed E-state index contributed by atoms with van der Waals surface area (Å²) in [6.07, 6.45) is -1.42. The average molecular weight is 739 g/mol. The van der Waals surface area contributed by atoms with E-state index in [0.29, 0.717) is 25.2 Å². The molecule has 0 unspecified atom stereocenters. The van der Waals surface area contributed by atoms with Gasteiger partial charge in [-0.05, 0) is 75.9 Å². The molecule has 1 aliphatic heterocycles. The molecule has 1 heterocycles. The van der Waals surface area contributed by atoms with Gasteiger partial charge in [-0.15, -0.1) is 0 Å². The van der Waals surface area contributed by atoms with Crippen molar-refractivity contribution < 1.29 is 41.5 Å². The summed E-state index contributed by atoms with van der Waals surface area (Å²) >= 11 is 0. The van der Waals surface area contributed by atoms with Crippen LogP contribution in [0.15, 0.2) is 83.8 Å². The number of halogens is 1. The molecule has 12 nitrogen and oxygen atoms in total. The van der Waals surface area contributed by atoms with Crippen LogP contribution < -0.4 is 10.6 Å². The molecule has 0 aliphatic carbocycles. The second-order valence-electron chi connectivity index (χ2n) is 13.9. The maximum atomic E-state index is 14.8. The average Bonchev–Trinajstić information content (AvgIpc) is 3.10. The summed E-state index contributed by atoms with van der Waals surface area (Å²) in [6.45, 7) is 7.74. The van der Waals surface area contributed by atoms with Crippen LogP contribution in [0.25, 0.3) is 0 Å². The minimum Gasteiger partial charge on any atom is -0.469 e. The van der Waals surface area contributed by atoms with Gasteiger partial charge in [0.25, 0.3) is 0 Å². The number of benzene rings is 3. The lowest BCUT2D eigenvalue weighted by Crippen LogP contribution is -2.67. The Morgan fingerprint density at radius 2 is 1.54 bits per heavy atom. The van der Waals surface area contributed by atoms with Gasteiger partial charge in [-0.1, -0.05) is 60.2 Å². The number of esters is 1. The third-order valence-electron chi connectivity index (χ3n) is 8.78. The lowest BCUT2D eigenvalue weighted by atomic mass is 9.83. The molecule has 4 rings (SSSR count). The minimum atomic E-state index is -3.99. The number of ether oxygens (including phenoxy) is 2. The number of carbonyl (C=O) groups is 4. The fourth-order valence-electron chi connectivity index (χ4n) is 6.00. The Balaban J connectivity index is 1.76. The quantitative estimate of drug-likeness (QED) is 0.242. The summed E-state index contributed by atoms with van der Waals surface area (Å²) in [5.41, 5.74) is -0.240. The molecule has 52 heavy (non-hydrogen) atoms. The maximum absolute atomic E-state index is 14.8. The van der Waals surface area contributed by atoms with Crippen molar-refractivity contribution in [2.24, 2.45) is 0 Å². The van der Waals surface area contributed by atoms with Crippen molar-refractivity contribution in [2.45, 2.75) is 82.1 Å². The molecule has 0 bridgehead atoms. The zero-order valence-electron chi connectivity index (χ0n) is 30.2. The number of methoxy groups -OCH3 is 1. The van der Waals surface area contributed by atoms with E-state index in [1.54, 1.807) is 32.9 Å². The molecule has 1 saturated heterocycles. The lowest BCUT2D eigenvalue weighted by molar-refractivity contribution is -0.156. The van der Waals surface area contributed by atoms with Crippen LogP contribution in [0.4, 0.5) is 9.18 Å². The van der Waals surface area contributed by atoms with Gasteiger partial charge in [0.05, 0.1) is 18.4 Å². The van der Waals surface area contributed by atoms with Gasteiger partial charge in [-0.25, -0.2) is 17.6 Å². The monoisotopic (exact) mass is 738 g/mol. The summed E-state index contributed by atoms with van der Waals surface area (Å²) in [6, 6.07) is 19.8.